The highest BCUT2D eigenvalue weighted by Crippen LogP contribution is 2.70. The highest BCUT2D eigenvalue weighted by molar-refractivity contribution is 6.91. The Hall–Kier alpha value is 0.194. The first-order valence-electron chi connectivity index (χ1n) is 10.4. The van der Waals surface area contributed by atoms with Gasteiger partial charge >= 0.3 is 0 Å². The van der Waals surface area contributed by atoms with E-state index < -0.39 is 20.7 Å². The lowest BCUT2D eigenvalue weighted by atomic mass is 10.1. The van der Waals surface area contributed by atoms with Crippen molar-refractivity contribution in [3.8, 4) is 0 Å². The average molecular weight is 444 g/mol. The summed E-state index contributed by atoms with van der Waals surface area (Å²) >= 11 is 13.7. The van der Waals surface area contributed by atoms with Crippen molar-refractivity contribution in [3.63, 3.8) is 0 Å². The van der Waals surface area contributed by atoms with Gasteiger partial charge in [-0.3, -0.25) is 0 Å². The molecule has 0 aromatic heterocycles. The number of alkyl halides is 2. The summed E-state index contributed by atoms with van der Waals surface area (Å²) in [7, 11) is -3.67. The number of rotatable bonds is 4. The van der Waals surface area contributed by atoms with Gasteiger partial charge in [0, 0.05) is 12.0 Å². The molecule has 5 heteroatoms. The molecular formula is C22H36Cl2OSi2. The summed E-state index contributed by atoms with van der Waals surface area (Å²) < 4.78 is 6.53. The summed E-state index contributed by atoms with van der Waals surface area (Å²) in [4.78, 5) is 0. The van der Waals surface area contributed by atoms with E-state index in [9.17, 15) is 0 Å². The van der Waals surface area contributed by atoms with Gasteiger partial charge in [0.1, 0.15) is 4.33 Å². The van der Waals surface area contributed by atoms with Gasteiger partial charge < -0.3 is 4.43 Å². The quantitative estimate of drug-likeness (QED) is 0.361. The van der Waals surface area contributed by atoms with Crippen LogP contribution in [0.15, 0.2) is 30.3 Å². The molecule has 1 aromatic rings. The van der Waals surface area contributed by atoms with Crippen LogP contribution in [0, 0.1) is 11.8 Å². The van der Waals surface area contributed by atoms with E-state index in [1.165, 1.54) is 11.6 Å². The Kier molecular flexibility index (Phi) is 5.80. The Labute approximate surface area is 178 Å². The number of fused-ring (bicyclic) bond motifs is 1. The van der Waals surface area contributed by atoms with Crippen LogP contribution in [0.2, 0.25) is 36.8 Å². The van der Waals surface area contributed by atoms with Crippen LogP contribution in [0.25, 0.3) is 0 Å². The molecule has 0 saturated heterocycles. The molecule has 1 aromatic carbocycles. The average Bonchev–Trinajstić information content (AvgIpc) is 3.14. The standard InChI is InChI=1S/C22H36Cl2OSi2/c1-21(2,3)27(6,7)25-18-15-11-14-17-19(22(17,23)24)20(18)26(4,5)16-12-9-8-10-13-16/h8-10,12-13,17-20H,11,14-15H2,1-7H3/t17-,18-,19-,20-/m1/s1. The third-order valence-corrected chi connectivity index (χ3v) is 17.4. The van der Waals surface area contributed by atoms with Crippen molar-refractivity contribution < 1.29 is 4.43 Å². The second-order valence-electron chi connectivity index (χ2n) is 10.8. The van der Waals surface area contributed by atoms with E-state index in [1.807, 2.05) is 0 Å². The van der Waals surface area contributed by atoms with Gasteiger partial charge in [-0.25, -0.2) is 0 Å². The summed E-state index contributed by atoms with van der Waals surface area (Å²) in [6, 6.07) is 11.1. The summed E-state index contributed by atoms with van der Waals surface area (Å²) in [5, 5.41) is 1.71. The molecule has 0 heterocycles. The van der Waals surface area contributed by atoms with Crippen LogP contribution in [0.1, 0.15) is 40.0 Å². The van der Waals surface area contributed by atoms with Crippen molar-refractivity contribution in [2.24, 2.45) is 11.8 Å². The summed E-state index contributed by atoms with van der Waals surface area (Å²) in [6.45, 7) is 16.8. The van der Waals surface area contributed by atoms with E-state index in [4.69, 9.17) is 27.6 Å². The highest BCUT2D eigenvalue weighted by atomic mass is 35.5. The molecule has 0 amide bonds. The summed E-state index contributed by atoms with van der Waals surface area (Å²) in [6.07, 6.45) is 3.75. The zero-order valence-corrected chi connectivity index (χ0v) is 21.5. The SMILES string of the molecule is CC(C)(C)[Si](C)(C)O[C@@H]1CCC[C@@H]2[C@H]([C@@H]1[Si](C)(C)c1ccccc1)C2(Cl)Cl. The van der Waals surface area contributed by atoms with Gasteiger partial charge in [0.15, 0.2) is 8.32 Å². The van der Waals surface area contributed by atoms with Crippen LogP contribution in [-0.4, -0.2) is 26.8 Å². The summed E-state index contributed by atoms with van der Waals surface area (Å²) in [5.41, 5.74) is 0.469. The fourth-order valence-corrected chi connectivity index (χ4v) is 11.5. The van der Waals surface area contributed by atoms with Crippen molar-refractivity contribution in [2.45, 2.75) is 87.2 Å². The lowest BCUT2D eigenvalue weighted by Gasteiger charge is -2.45. The Morgan fingerprint density at radius 3 is 2.15 bits per heavy atom. The summed E-state index contributed by atoms with van der Waals surface area (Å²) in [5.74, 6) is 0.814. The van der Waals surface area contributed by atoms with Crippen LogP contribution in [-0.2, 0) is 4.43 Å². The van der Waals surface area contributed by atoms with Crippen LogP contribution in [0.4, 0.5) is 0 Å². The molecule has 0 spiro atoms. The molecule has 0 aliphatic heterocycles. The Morgan fingerprint density at radius 2 is 1.59 bits per heavy atom. The third kappa shape index (κ3) is 3.96. The zero-order chi connectivity index (χ0) is 20.3. The van der Waals surface area contributed by atoms with Crippen molar-refractivity contribution in [1.29, 1.82) is 0 Å². The predicted molar refractivity (Wildman–Crippen MR) is 125 cm³/mol. The lowest BCUT2D eigenvalue weighted by Crippen LogP contribution is -2.54. The van der Waals surface area contributed by atoms with Crippen LogP contribution in [0.3, 0.4) is 0 Å². The van der Waals surface area contributed by atoms with Gasteiger partial charge in [-0.05, 0) is 42.4 Å². The van der Waals surface area contributed by atoms with E-state index in [0.29, 0.717) is 17.4 Å². The number of benzene rings is 1. The minimum atomic E-state index is -1.86. The lowest BCUT2D eigenvalue weighted by molar-refractivity contribution is 0.155. The van der Waals surface area contributed by atoms with Gasteiger partial charge in [-0.2, -0.15) is 0 Å². The largest absolute Gasteiger partial charge is 0.414 e. The maximum atomic E-state index is 7.09. The molecule has 2 fully saturated rings. The maximum Gasteiger partial charge on any atom is 0.192 e. The van der Waals surface area contributed by atoms with Crippen molar-refractivity contribution >= 4 is 44.8 Å². The molecule has 152 valence electrons. The van der Waals surface area contributed by atoms with Gasteiger partial charge in [-0.15, -0.1) is 23.2 Å². The smallest absolute Gasteiger partial charge is 0.192 e. The van der Waals surface area contributed by atoms with E-state index in [2.05, 4.69) is 77.3 Å². The van der Waals surface area contributed by atoms with Crippen molar-refractivity contribution in [3.05, 3.63) is 30.3 Å². The molecule has 27 heavy (non-hydrogen) atoms. The van der Waals surface area contributed by atoms with Gasteiger partial charge in [-0.1, -0.05) is 75.8 Å². The molecular weight excluding hydrogens is 407 g/mol. The second kappa shape index (κ2) is 7.16. The molecule has 0 N–H and O–H groups in total. The highest BCUT2D eigenvalue weighted by Gasteiger charge is 2.70. The van der Waals surface area contributed by atoms with Crippen LogP contribution >= 0.6 is 23.2 Å². The van der Waals surface area contributed by atoms with E-state index in [0.717, 1.165) is 12.8 Å². The van der Waals surface area contributed by atoms with Crippen LogP contribution < -0.4 is 5.19 Å². The minimum absolute atomic E-state index is 0.213. The second-order valence-corrected chi connectivity index (χ2v) is 21.7. The Balaban J connectivity index is 2.00. The van der Waals surface area contributed by atoms with Crippen molar-refractivity contribution in [1.82, 2.24) is 0 Å². The monoisotopic (exact) mass is 442 g/mol. The first-order valence-corrected chi connectivity index (χ1v) is 17.2. The molecule has 2 aliphatic rings. The van der Waals surface area contributed by atoms with Gasteiger partial charge in [0.25, 0.3) is 0 Å². The van der Waals surface area contributed by atoms with E-state index >= 15 is 0 Å². The topological polar surface area (TPSA) is 9.23 Å². The van der Waals surface area contributed by atoms with Gasteiger partial charge in [0.05, 0.1) is 8.07 Å². The number of halogens is 2. The maximum absolute atomic E-state index is 7.09. The van der Waals surface area contributed by atoms with E-state index in [1.54, 1.807) is 0 Å². The van der Waals surface area contributed by atoms with Gasteiger partial charge in [0.2, 0.25) is 0 Å². The fraction of sp³-hybridized carbons (Fsp3) is 0.727. The molecule has 2 saturated carbocycles. The zero-order valence-electron chi connectivity index (χ0n) is 18.0. The molecule has 0 radical (unpaired) electrons. The third-order valence-electron chi connectivity index (χ3n) is 7.66. The normalized spacial score (nSPS) is 31.1. The molecule has 2 aliphatic carbocycles. The number of hydrogen-bond donors (Lipinski definition) is 0. The Bertz CT molecular complexity index is 667. The first-order chi connectivity index (χ1) is 12.3. The molecule has 0 unspecified atom stereocenters. The Morgan fingerprint density at radius 1 is 1.00 bits per heavy atom. The predicted octanol–water partition coefficient (Wildman–Crippen LogP) is 6.97. The molecule has 1 nitrogen and oxygen atoms in total. The minimum Gasteiger partial charge on any atom is -0.414 e. The first kappa shape index (κ1) is 21.9. The van der Waals surface area contributed by atoms with E-state index in [-0.39, 0.29) is 11.1 Å². The molecule has 4 atom stereocenters. The number of hydrogen-bond acceptors (Lipinski definition) is 1. The van der Waals surface area contributed by atoms with Crippen LogP contribution in [0.5, 0.6) is 0 Å². The molecule has 3 rings (SSSR count). The van der Waals surface area contributed by atoms with Crippen molar-refractivity contribution in [2.75, 3.05) is 0 Å². The molecule has 0 bridgehead atoms. The fourth-order valence-electron chi connectivity index (χ4n) is 4.89.